The van der Waals surface area contributed by atoms with Crippen molar-refractivity contribution < 1.29 is 14.0 Å². The molecule has 3 aromatic rings. The van der Waals surface area contributed by atoms with E-state index in [4.69, 9.17) is 0 Å². The number of para-hydroxylation sites is 1. The zero-order valence-electron chi connectivity index (χ0n) is 18.4. The number of amides is 2. The van der Waals surface area contributed by atoms with Crippen LogP contribution in [0.25, 0.3) is 5.57 Å². The number of hydrogen-bond acceptors (Lipinski definition) is 4. The molecule has 0 unspecified atom stereocenters. The molecule has 1 fully saturated rings. The quantitative estimate of drug-likeness (QED) is 0.568. The van der Waals surface area contributed by atoms with Crippen molar-refractivity contribution in [3.05, 3.63) is 102 Å². The van der Waals surface area contributed by atoms with E-state index >= 15 is 0 Å². The molecular weight excluding hydrogens is 417 g/mol. The second-order valence-electron chi connectivity index (χ2n) is 8.32. The topological polar surface area (TPSA) is 43.9 Å². The fraction of sp³-hybridized carbons (Fsp3) is 0.185. The fourth-order valence-electron chi connectivity index (χ4n) is 4.52. The minimum absolute atomic E-state index is 0.328. The zero-order chi connectivity index (χ0) is 22.9. The third-order valence-electron chi connectivity index (χ3n) is 6.17. The molecule has 1 saturated heterocycles. The van der Waals surface area contributed by atoms with E-state index in [0.717, 1.165) is 24.3 Å². The lowest BCUT2D eigenvalue weighted by molar-refractivity contribution is -0.120. The summed E-state index contributed by atoms with van der Waals surface area (Å²) >= 11 is 0. The van der Waals surface area contributed by atoms with Crippen molar-refractivity contribution in [2.45, 2.75) is 6.92 Å². The smallest absolute Gasteiger partial charge is 0.282 e. The highest BCUT2D eigenvalue weighted by Crippen LogP contribution is 2.35. The van der Waals surface area contributed by atoms with Crippen molar-refractivity contribution in [3.63, 3.8) is 0 Å². The summed E-state index contributed by atoms with van der Waals surface area (Å²) < 4.78 is 13.6. The first kappa shape index (κ1) is 20.9. The van der Waals surface area contributed by atoms with Gasteiger partial charge < -0.3 is 9.80 Å². The SMILES string of the molecule is Cc1cccc(N2C(=O)C(c3ccc(F)cc3)=C(N3CCN(c4ccccc4)CC3)C2=O)c1. The predicted molar refractivity (Wildman–Crippen MR) is 127 cm³/mol. The number of rotatable bonds is 4. The van der Waals surface area contributed by atoms with Crippen LogP contribution in [0.3, 0.4) is 0 Å². The molecular formula is C27H24FN3O2. The largest absolute Gasteiger partial charge is 0.368 e. The number of piperazine rings is 1. The number of carbonyl (C=O) groups excluding carboxylic acids is 2. The second kappa shape index (κ2) is 8.54. The lowest BCUT2D eigenvalue weighted by atomic mass is 10.0. The Morgan fingerprint density at radius 2 is 1.33 bits per heavy atom. The van der Waals surface area contributed by atoms with E-state index in [9.17, 15) is 14.0 Å². The Kier molecular flexibility index (Phi) is 5.42. The Morgan fingerprint density at radius 3 is 2.00 bits per heavy atom. The molecule has 0 aliphatic carbocycles. The van der Waals surface area contributed by atoms with Gasteiger partial charge in [-0.25, -0.2) is 9.29 Å². The summed E-state index contributed by atoms with van der Waals surface area (Å²) in [6, 6.07) is 23.3. The second-order valence-corrected chi connectivity index (χ2v) is 8.32. The molecule has 33 heavy (non-hydrogen) atoms. The highest BCUT2D eigenvalue weighted by Gasteiger charge is 2.43. The Bertz CT molecular complexity index is 1230. The van der Waals surface area contributed by atoms with Crippen molar-refractivity contribution in [2.75, 3.05) is 36.0 Å². The molecule has 166 valence electrons. The van der Waals surface area contributed by atoms with Crippen LogP contribution in [-0.2, 0) is 9.59 Å². The average Bonchev–Trinajstić information content (AvgIpc) is 3.10. The first-order valence-corrected chi connectivity index (χ1v) is 11.0. The molecule has 6 heteroatoms. The van der Waals surface area contributed by atoms with Crippen molar-refractivity contribution in [3.8, 4) is 0 Å². The number of halogens is 1. The lowest BCUT2D eigenvalue weighted by Gasteiger charge is -2.37. The monoisotopic (exact) mass is 441 g/mol. The van der Waals surface area contributed by atoms with E-state index in [1.54, 1.807) is 18.2 Å². The molecule has 2 aliphatic heterocycles. The third-order valence-corrected chi connectivity index (χ3v) is 6.17. The van der Waals surface area contributed by atoms with E-state index in [1.165, 1.54) is 17.0 Å². The summed E-state index contributed by atoms with van der Waals surface area (Å²) in [5, 5.41) is 0. The van der Waals surface area contributed by atoms with E-state index in [1.807, 2.05) is 48.2 Å². The summed E-state index contributed by atoms with van der Waals surface area (Å²) in [5.41, 5.74) is 3.91. The third kappa shape index (κ3) is 3.89. The number of carbonyl (C=O) groups is 2. The van der Waals surface area contributed by atoms with E-state index in [0.29, 0.717) is 35.6 Å². The zero-order valence-corrected chi connectivity index (χ0v) is 18.4. The van der Waals surface area contributed by atoms with Crippen LogP contribution in [0.4, 0.5) is 15.8 Å². The maximum atomic E-state index is 13.6. The highest BCUT2D eigenvalue weighted by molar-refractivity contribution is 6.45. The van der Waals surface area contributed by atoms with Crippen LogP contribution in [0, 0.1) is 12.7 Å². The van der Waals surface area contributed by atoms with Gasteiger partial charge in [-0.15, -0.1) is 0 Å². The number of nitrogens with zero attached hydrogens (tertiary/aromatic N) is 3. The van der Waals surface area contributed by atoms with Gasteiger partial charge in [-0.05, 0) is 54.4 Å². The Labute approximate surface area is 192 Å². The van der Waals surface area contributed by atoms with Gasteiger partial charge in [0.1, 0.15) is 11.5 Å². The summed E-state index contributed by atoms with van der Waals surface area (Å²) in [6.07, 6.45) is 0. The van der Waals surface area contributed by atoms with Crippen molar-refractivity contribution in [2.24, 2.45) is 0 Å². The van der Waals surface area contributed by atoms with Crippen molar-refractivity contribution in [1.29, 1.82) is 0 Å². The summed E-state index contributed by atoms with van der Waals surface area (Å²) in [6.45, 7) is 4.60. The molecule has 5 nitrogen and oxygen atoms in total. The van der Waals surface area contributed by atoms with E-state index in [2.05, 4.69) is 17.0 Å². The van der Waals surface area contributed by atoms with Gasteiger partial charge in [-0.2, -0.15) is 0 Å². The predicted octanol–water partition coefficient (Wildman–Crippen LogP) is 4.24. The van der Waals surface area contributed by atoms with Gasteiger partial charge in [0.2, 0.25) is 0 Å². The number of imide groups is 1. The van der Waals surface area contributed by atoms with Gasteiger partial charge in [-0.1, -0.05) is 42.5 Å². The van der Waals surface area contributed by atoms with Gasteiger partial charge in [0, 0.05) is 31.9 Å². The summed E-state index contributed by atoms with van der Waals surface area (Å²) in [7, 11) is 0. The fourth-order valence-corrected chi connectivity index (χ4v) is 4.52. The van der Waals surface area contributed by atoms with Crippen LogP contribution in [0.15, 0.2) is 84.6 Å². The van der Waals surface area contributed by atoms with Gasteiger partial charge in [0.05, 0.1) is 11.3 Å². The first-order chi connectivity index (χ1) is 16.0. The van der Waals surface area contributed by atoms with Crippen LogP contribution >= 0.6 is 0 Å². The molecule has 2 heterocycles. The molecule has 0 aromatic heterocycles. The molecule has 0 radical (unpaired) electrons. The van der Waals surface area contributed by atoms with Crippen LogP contribution in [0.5, 0.6) is 0 Å². The van der Waals surface area contributed by atoms with Crippen LogP contribution < -0.4 is 9.80 Å². The van der Waals surface area contributed by atoms with Gasteiger partial charge in [0.25, 0.3) is 11.8 Å². The Morgan fingerprint density at radius 1 is 0.697 bits per heavy atom. The molecule has 3 aromatic carbocycles. The van der Waals surface area contributed by atoms with Crippen molar-refractivity contribution in [1.82, 2.24) is 4.90 Å². The van der Waals surface area contributed by atoms with Crippen molar-refractivity contribution >= 4 is 28.8 Å². The number of benzene rings is 3. The van der Waals surface area contributed by atoms with Crippen LogP contribution in [0.2, 0.25) is 0 Å². The Balaban J connectivity index is 1.51. The first-order valence-electron chi connectivity index (χ1n) is 11.0. The van der Waals surface area contributed by atoms with E-state index < -0.39 is 0 Å². The molecule has 5 rings (SSSR count). The lowest BCUT2D eigenvalue weighted by Crippen LogP contribution is -2.47. The molecule has 0 spiro atoms. The maximum Gasteiger partial charge on any atom is 0.282 e. The van der Waals surface area contributed by atoms with Crippen LogP contribution in [-0.4, -0.2) is 42.9 Å². The van der Waals surface area contributed by atoms with E-state index in [-0.39, 0.29) is 17.6 Å². The number of aryl methyl sites for hydroxylation is 1. The molecule has 0 N–H and O–H groups in total. The molecule has 2 aliphatic rings. The average molecular weight is 442 g/mol. The molecule has 0 saturated carbocycles. The van der Waals surface area contributed by atoms with Gasteiger partial charge in [-0.3, -0.25) is 9.59 Å². The molecule has 2 amide bonds. The molecule has 0 atom stereocenters. The minimum atomic E-state index is -0.385. The minimum Gasteiger partial charge on any atom is -0.368 e. The number of hydrogen-bond donors (Lipinski definition) is 0. The highest BCUT2D eigenvalue weighted by atomic mass is 19.1. The Hall–Kier alpha value is -3.93. The maximum absolute atomic E-state index is 13.6. The molecule has 0 bridgehead atoms. The normalized spacial score (nSPS) is 16.7. The van der Waals surface area contributed by atoms with Gasteiger partial charge >= 0.3 is 0 Å². The van der Waals surface area contributed by atoms with Gasteiger partial charge in [0.15, 0.2) is 0 Å². The number of anilines is 2. The standard InChI is InChI=1S/C27H24FN3O2/c1-19-6-5-9-23(18-19)31-26(32)24(20-10-12-21(28)13-11-20)25(27(31)33)30-16-14-29(15-17-30)22-7-3-2-4-8-22/h2-13,18H,14-17H2,1H3. The summed E-state index contributed by atoms with van der Waals surface area (Å²) in [5.74, 6) is -1.10. The summed E-state index contributed by atoms with van der Waals surface area (Å²) in [4.78, 5) is 32.7. The van der Waals surface area contributed by atoms with Crippen LogP contribution in [0.1, 0.15) is 11.1 Å².